The first-order valence-corrected chi connectivity index (χ1v) is 6.34. The first kappa shape index (κ1) is 14.5. The molecule has 0 atom stereocenters. The van der Waals surface area contributed by atoms with Crippen LogP contribution in [0.25, 0.3) is 0 Å². The highest BCUT2D eigenvalue weighted by molar-refractivity contribution is 6.28. The van der Waals surface area contributed by atoms with Crippen molar-refractivity contribution in [1.82, 2.24) is 15.0 Å². The van der Waals surface area contributed by atoms with E-state index in [2.05, 4.69) is 15.0 Å². The zero-order valence-corrected chi connectivity index (χ0v) is 12.0. The molecule has 0 aliphatic carbocycles. The van der Waals surface area contributed by atoms with E-state index in [1.807, 2.05) is 13.8 Å². The maximum absolute atomic E-state index is 13.0. The van der Waals surface area contributed by atoms with E-state index in [1.54, 1.807) is 6.92 Å². The van der Waals surface area contributed by atoms with Gasteiger partial charge < -0.3 is 9.47 Å². The third-order valence-corrected chi connectivity index (χ3v) is 2.42. The van der Waals surface area contributed by atoms with Crippen molar-refractivity contribution >= 4 is 11.6 Å². The molecule has 0 bridgehead atoms. The monoisotopic (exact) mass is 297 g/mol. The minimum Gasteiger partial charge on any atom is -0.461 e. The van der Waals surface area contributed by atoms with Crippen LogP contribution in [-0.2, 0) is 0 Å². The topological polar surface area (TPSA) is 57.1 Å². The average Bonchev–Trinajstić information content (AvgIpc) is 2.31. The second kappa shape index (κ2) is 6.00. The summed E-state index contributed by atoms with van der Waals surface area (Å²) in [6.45, 7) is 5.39. The zero-order chi connectivity index (χ0) is 14.7. The molecule has 1 heterocycles. The Morgan fingerprint density at radius 3 is 2.50 bits per heavy atom. The lowest BCUT2D eigenvalue weighted by Crippen LogP contribution is -2.09. The van der Waals surface area contributed by atoms with Gasteiger partial charge in [-0.1, -0.05) is 0 Å². The average molecular weight is 298 g/mol. The molecule has 0 radical (unpaired) electrons. The number of aromatic nitrogens is 3. The summed E-state index contributed by atoms with van der Waals surface area (Å²) in [5.74, 6) is 0.0940. The number of benzene rings is 1. The lowest BCUT2D eigenvalue weighted by Gasteiger charge is -2.10. The van der Waals surface area contributed by atoms with Crippen molar-refractivity contribution in [3.63, 3.8) is 0 Å². The van der Waals surface area contributed by atoms with Gasteiger partial charge in [-0.25, -0.2) is 4.39 Å². The summed E-state index contributed by atoms with van der Waals surface area (Å²) in [4.78, 5) is 11.7. The van der Waals surface area contributed by atoms with Gasteiger partial charge >= 0.3 is 12.0 Å². The highest BCUT2D eigenvalue weighted by Crippen LogP contribution is 2.24. The summed E-state index contributed by atoms with van der Waals surface area (Å²) < 4.78 is 23.8. The number of rotatable bonds is 4. The van der Waals surface area contributed by atoms with Crippen LogP contribution in [0.15, 0.2) is 18.2 Å². The quantitative estimate of drug-likeness (QED) is 0.863. The van der Waals surface area contributed by atoms with E-state index in [9.17, 15) is 4.39 Å². The molecular weight excluding hydrogens is 285 g/mol. The Kier molecular flexibility index (Phi) is 4.34. The van der Waals surface area contributed by atoms with Crippen LogP contribution in [0, 0.1) is 12.7 Å². The van der Waals surface area contributed by atoms with E-state index >= 15 is 0 Å². The van der Waals surface area contributed by atoms with Gasteiger partial charge in [0.05, 0.1) is 6.10 Å². The van der Waals surface area contributed by atoms with Gasteiger partial charge in [0, 0.05) is 0 Å². The molecular formula is C13H13ClFN3O2. The summed E-state index contributed by atoms with van der Waals surface area (Å²) in [6, 6.07) is 4.20. The molecule has 7 heteroatoms. The Bertz CT molecular complexity index is 623. The summed E-state index contributed by atoms with van der Waals surface area (Å²) in [7, 11) is 0. The summed E-state index contributed by atoms with van der Waals surface area (Å²) >= 11 is 5.78. The standard InChI is InChI=1S/C13H13ClFN3O2/c1-7(2)19-12-16-11(14)17-13(18-12)20-10-5-4-9(15)6-8(10)3/h4-7H,1-3H3. The molecule has 0 unspecified atom stereocenters. The fourth-order valence-corrected chi connectivity index (χ4v) is 1.59. The Hall–Kier alpha value is -1.95. The first-order chi connectivity index (χ1) is 9.44. The number of aryl methyl sites for hydroxylation is 1. The maximum atomic E-state index is 13.0. The van der Waals surface area contributed by atoms with Crippen LogP contribution in [0.5, 0.6) is 17.8 Å². The number of hydrogen-bond acceptors (Lipinski definition) is 5. The van der Waals surface area contributed by atoms with Gasteiger partial charge in [-0.05, 0) is 56.1 Å². The number of halogens is 2. The molecule has 1 aromatic heterocycles. The van der Waals surface area contributed by atoms with E-state index in [1.165, 1.54) is 18.2 Å². The van der Waals surface area contributed by atoms with Crippen molar-refractivity contribution in [2.45, 2.75) is 26.9 Å². The molecule has 0 N–H and O–H groups in total. The molecule has 1 aromatic carbocycles. The van der Waals surface area contributed by atoms with Gasteiger partial charge in [0.15, 0.2) is 0 Å². The van der Waals surface area contributed by atoms with Crippen molar-refractivity contribution in [1.29, 1.82) is 0 Å². The van der Waals surface area contributed by atoms with Crippen LogP contribution in [0.4, 0.5) is 4.39 Å². The number of nitrogens with zero attached hydrogens (tertiary/aromatic N) is 3. The predicted molar refractivity (Wildman–Crippen MR) is 71.8 cm³/mol. The van der Waals surface area contributed by atoms with Crippen molar-refractivity contribution < 1.29 is 13.9 Å². The molecule has 0 amide bonds. The van der Waals surface area contributed by atoms with E-state index in [4.69, 9.17) is 21.1 Å². The molecule has 2 aromatic rings. The summed E-state index contributed by atoms with van der Waals surface area (Å²) in [5, 5.41) is -0.0367. The Morgan fingerprint density at radius 1 is 1.15 bits per heavy atom. The smallest absolute Gasteiger partial charge is 0.329 e. The minimum atomic E-state index is -0.340. The lowest BCUT2D eigenvalue weighted by atomic mass is 10.2. The van der Waals surface area contributed by atoms with Crippen LogP contribution in [0.2, 0.25) is 5.28 Å². The Labute approximate surface area is 120 Å². The molecule has 0 saturated heterocycles. The SMILES string of the molecule is Cc1cc(F)ccc1Oc1nc(Cl)nc(OC(C)C)n1. The van der Waals surface area contributed by atoms with Crippen molar-refractivity contribution in [3.05, 3.63) is 34.9 Å². The van der Waals surface area contributed by atoms with Gasteiger partial charge in [0.1, 0.15) is 11.6 Å². The van der Waals surface area contributed by atoms with Gasteiger partial charge in [0.2, 0.25) is 5.28 Å². The van der Waals surface area contributed by atoms with Crippen LogP contribution in [0.3, 0.4) is 0 Å². The highest BCUT2D eigenvalue weighted by atomic mass is 35.5. The van der Waals surface area contributed by atoms with E-state index < -0.39 is 0 Å². The van der Waals surface area contributed by atoms with E-state index in [0.29, 0.717) is 11.3 Å². The van der Waals surface area contributed by atoms with Crippen molar-refractivity contribution in [2.24, 2.45) is 0 Å². The Balaban J connectivity index is 2.26. The molecule has 106 valence electrons. The molecule has 5 nitrogen and oxygen atoms in total. The van der Waals surface area contributed by atoms with Gasteiger partial charge in [-0.3, -0.25) is 0 Å². The van der Waals surface area contributed by atoms with Crippen LogP contribution >= 0.6 is 11.6 Å². The summed E-state index contributed by atoms with van der Waals surface area (Å²) in [6.07, 6.45) is -0.103. The predicted octanol–water partition coefficient (Wildman–Crippen LogP) is 3.55. The van der Waals surface area contributed by atoms with Gasteiger partial charge in [-0.15, -0.1) is 4.98 Å². The van der Waals surface area contributed by atoms with Crippen molar-refractivity contribution in [2.75, 3.05) is 0 Å². The van der Waals surface area contributed by atoms with Crippen molar-refractivity contribution in [3.8, 4) is 17.8 Å². The molecule has 2 rings (SSSR count). The first-order valence-electron chi connectivity index (χ1n) is 5.96. The molecule has 20 heavy (non-hydrogen) atoms. The maximum Gasteiger partial charge on any atom is 0.329 e. The van der Waals surface area contributed by atoms with Crippen LogP contribution in [0.1, 0.15) is 19.4 Å². The molecule has 0 aliphatic heterocycles. The molecule has 0 saturated carbocycles. The molecule has 0 aliphatic rings. The lowest BCUT2D eigenvalue weighted by molar-refractivity contribution is 0.218. The summed E-state index contributed by atoms with van der Waals surface area (Å²) in [5.41, 5.74) is 0.618. The zero-order valence-electron chi connectivity index (χ0n) is 11.2. The normalized spacial score (nSPS) is 10.7. The van der Waals surface area contributed by atoms with Crippen LogP contribution in [-0.4, -0.2) is 21.1 Å². The van der Waals surface area contributed by atoms with Crippen LogP contribution < -0.4 is 9.47 Å². The second-order valence-corrected chi connectivity index (χ2v) is 4.69. The highest BCUT2D eigenvalue weighted by Gasteiger charge is 2.11. The van der Waals surface area contributed by atoms with Gasteiger partial charge in [-0.2, -0.15) is 9.97 Å². The second-order valence-electron chi connectivity index (χ2n) is 4.35. The fourth-order valence-electron chi connectivity index (χ4n) is 1.45. The van der Waals surface area contributed by atoms with E-state index in [-0.39, 0.29) is 29.2 Å². The largest absolute Gasteiger partial charge is 0.461 e. The van der Waals surface area contributed by atoms with E-state index in [0.717, 1.165) is 0 Å². The number of ether oxygens (including phenoxy) is 2. The fraction of sp³-hybridized carbons (Fsp3) is 0.308. The van der Waals surface area contributed by atoms with Gasteiger partial charge in [0.25, 0.3) is 0 Å². The Morgan fingerprint density at radius 2 is 1.85 bits per heavy atom. The third-order valence-electron chi connectivity index (χ3n) is 2.25. The molecule has 0 spiro atoms. The molecule has 0 fully saturated rings. The third kappa shape index (κ3) is 3.77. The number of hydrogen-bond donors (Lipinski definition) is 0. The minimum absolute atomic E-state index is 0.00430.